The van der Waals surface area contributed by atoms with Crippen molar-refractivity contribution in [2.45, 2.75) is 25.3 Å². The van der Waals surface area contributed by atoms with Gasteiger partial charge in [-0.3, -0.25) is 0 Å². The van der Waals surface area contributed by atoms with Crippen molar-refractivity contribution in [3.8, 4) is 5.75 Å². The van der Waals surface area contributed by atoms with Gasteiger partial charge in [0, 0.05) is 17.1 Å². The molecule has 5 atom stereocenters. The van der Waals surface area contributed by atoms with Crippen LogP contribution >= 0.6 is 23.2 Å². The molecule has 0 aliphatic heterocycles. The van der Waals surface area contributed by atoms with Crippen LogP contribution in [-0.2, 0) is 0 Å². The summed E-state index contributed by atoms with van der Waals surface area (Å²) < 4.78 is 5.20. The maximum Gasteiger partial charge on any atom is 0.138 e. The highest BCUT2D eigenvalue weighted by Crippen LogP contribution is 2.72. The van der Waals surface area contributed by atoms with E-state index in [-0.39, 0.29) is 6.04 Å². The Morgan fingerprint density at radius 2 is 1.80 bits per heavy atom. The lowest BCUT2D eigenvalue weighted by atomic mass is 9.93. The Balaban J connectivity index is 1.61. The Kier molecular flexibility index (Phi) is 3.00. The zero-order valence-corrected chi connectivity index (χ0v) is 13.0. The quantitative estimate of drug-likeness (QED) is 0.903. The molecule has 108 valence electrons. The van der Waals surface area contributed by atoms with Gasteiger partial charge in [-0.15, -0.1) is 0 Å². The molecule has 3 aliphatic carbocycles. The van der Waals surface area contributed by atoms with Gasteiger partial charge in [-0.05, 0) is 60.5 Å². The Bertz CT molecular complexity index is 546. The average molecular weight is 312 g/mol. The van der Waals surface area contributed by atoms with E-state index >= 15 is 0 Å². The Morgan fingerprint density at radius 3 is 2.40 bits per heavy atom. The predicted octanol–water partition coefficient (Wildman–Crippen LogP) is 4.29. The molecule has 3 saturated carbocycles. The highest BCUT2D eigenvalue weighted by molar-refractivity contribution is 6.34. The molecule has 0 heterocycles. The minimum Gasteiger partial charge on any atom is -0.495 e. The number of hydrogen-bond donors (Lipinski definition) is 1. The minimum atomic E-state index is 0.0179. The van der Waals surface area contributed by atoms with Crippen LogP contribution < -0.4 is 10.5 Å². The average Bonchev–Trinajstić information content (AvgIpc) is 2.88. The third-order valence-corrected chi connectivity index (χ3v) is 6.46. The molecule has 1 aromatic carbocycles. The molecule has 0 aromatic heterocycles. The summed E-state index contributed by atoms with van der Waals surface area (Å²) >= 11 is 12.6. The smallest absolute Gasteiger partial charge is 0.138 e. The van der Waals surface area contributed by atoms with Crippen molar-refractivity contribution in [2.75, 3.05) is 7.11 Å². The van der Waals surface area contributed by atoms with Crippen molar-refractivity contribution < 1.29 is 4.74 Å². The molecular weight excluding hydrogens is 293 g/mol. The van der Waals surface area contributed by atoms with Crippen LogP contribution in [-0.4, -0.2) is 7.11 Å². The van der Waals surface area contributed by atoms with E-state index in [1.165, 1.54) is 19.3 Å². The summed E-state index contributed by atoms with van der Waals surface area (Å²) in [4.78, 5) is 0. The van der Waals surface area contributed by atoms with Gasteiger partial charge in [-0.25, -0.2) is 0 Å². The molecule has 1 aromatic rings. The van der Waals surface area contributed by atoms with E-state index in [0.29, 0.717) is 21.7 Å². The molecule has 4 rings (SSSR count). The molecule has 2 bridgehead atoms. The van der Waals surface area contributed by atoms with E-state index in [4.69, 9.17) is 33.7 Å². The molecule has 2 N–H and O–H groups in total. The second-order valence-electron chi connectivity index (χ2n) is 6.60. The van der Waals surface area contributed by atoms with Crippen LogP contribution in [0, 0.1) is 29.6 Å². The largest absolute Gasteiger partial charge is 0.495 e. The number of ether oxygens (including phenoxy) is 1. The maximum atomic E-state index is 6.52. The van der Waals surface area contributed by atoms with Crippen LogP contribution in [0.25, 0.3) is 0 Å². The Morgan fingerprint density at radius 1 is 1.15 bits per heavy atom. The lowest BCUT2D eigenvalue weighted by Gasteiger charge is -2.19. The number of benzene rings is 1. The summed E-state index contributed by atoms with van der Waals surface area (Å²) in [6.07, 6.45) is 4.26. The molecule has 4 heteroatoms. The Labute approximate surface area is 129 Å². The number of hydrogen-bond acceptors (Lipinski definition) is 2. The van der Waals surface area contributed by atoms with Gasteiger partial charge in [0.05, 0.1) is 12.1 Å². The first-order chi connectivity index (χ1) is 9.61. The Hall–Kier alpha value is -0.440. The summed E-state index contributed by atoms with van der Waals surface area (Å²) in [5.41, 5.74) is 7.50. The normalized spacial score (nSPS) is 38.7. The highest BCUT2D eigenvalue weighted by Gasteiger charge is 2.66. The first-order valence-electron chi connectivity index (χ1n) is 7.40. The number of fused-ring (bicyclic) bond motifs is 5. The molecule has 5 unspecified atom stereocenters. The van der Waals surface area contributed by atoms with E-state index in [1.54, 1.807) is 13.2 Å². The van der Waals surface area contributed by atoms with Crippen LogP contribution in [0.4, 0.5) is 0 Å². The lowest BCUT2D eigenvalue weighted by molar-refractivity contribution is 0.410. The van der Waals surface area contributed by atoms with Gasteiger partial charge in [0.1, 0.15) is 5.75 Å². The second-order valence-corrected chi connectivity index (χ2v) is 7.41. The van der Waals surface area contributed by atoms with Gasteiger partial charge in [-0.2, -0.15) is 0 Å². The fraction of sp³-hybridized carbons (Fsp3) is 0.625. The van der Waals surface area contributed by atoms with Crippen LogP contribution in [0.5, 0.6) is 5.75 Å². The van der Waals surface area contributed by atoms with E-state index in [1.807, 2.05) is 6.07 Å². The van der Waals surface area contributed by atoms with Gasteiger partial charge < -0.3 is 10.5 Å². The van der Waals surface area contributed by atoms with Gasteiger partial charge in [0.15, 0.2) is 0 Å². The first kappa shape index (κ1) is 13.2. The van der Waals surface area contributed by atoms with Gasteiger partial charge in [0.2, 0.25) is 0 Å². The van der Waals surface area contributed by atoms with Crippen LogP contribution in [0.1, 0.15) is 30.9 Å². The molecule has 0 spiro atoms. The van der Waals surface area contributed by atoms with Crippen molar-refractivity contribution in [2.24, 2.45) is 35.3 Å². The molecule has 2 nitrogen and oxygen atoms in total. The number of nitrogens with two attached hydrogens (primary N) is 1. The van der Waals surface area contributed by atoms with E-state index in [2.05, 4.69) is 0 Å². The first-order valence-corrected chi connectivity index (χ1v) is 8.16. The number of halogens is 2. The van der Waals surface area contributed by atoms with Gasteiger partial charge in [-0.1, -0.05) is 23.2 Å². The zero-order valence-electron chi connectivity index (χ0n) is 11.5. The molecule has 3 aliphatic rings. The topological polar surface area (TPSA) is 35.2 Å². The predicted molar refractivity (Wildman–Crippen MR) is 81.2 cm³/mol. The van der Waals surface area contributed by atoms with Crippen LogP contribution in [0.3, 0.4) is 0 Å². The van der Waals surface area contributed by atoms with Crippen LogP contribution in [0.2, 0.25) is 10.0 Å². The van der Waals surface area contributed by atoms with Gasteiger partial charge >= 0.3 is 0 Å². The molecule has 0 radical (unpaired) electrons. The standard InChI is InChI=1S/C16H19Cl2NO/c1-20-12-6-10(17)9(5-11(12)18)16(19)15-13-7-2-3-8(4-7)14(13)15/h5-8,13-16H,2-4,19H2,1H3. The van der Waals surface area contributed by atoms with Gasteiger partial charge in [0.25, 0.3) is 0 Å². The summed E-state index contributed by atoms with van der Waals surface area (Å²) in [7, 11) is 1.60. The second kappa shape index (κ2) is 4.53. The van der Waals surface area contributed by atoms with Crippen molar-refractivity contribution in [3.05, 3.63) is 27.7 Å². The molecule has 3 fully saturated rings. The molecule has 0 saturated heterocycles. The van der Waals surface area contributed by atoms with Crippen molar-refractivity contribution in [1.82, 2.24) is 0 Å². The SMILES string of the molecule is COc1cc(Cl)c(C(N)C2C3C4CCC(C4)C32)cc1Cl. The van der Waals surface area contributed by atoms with Crippen LogP contribution in [0.15, 0.2) is 12.1 Å². The summed E-state index contributed by atoms with van der Waals surface area (Å²) in [6, 6.07) is 3.69. The highest BCUT2D eigenvalue weighted by atomic mass is 35.5. The van der Waals surface area contributed by atoms with Crippen molar-refractivity contribution >= 4 is 23.2 Å². The van der Waals surface area contributed by atoms with E-state index in [9.17, 15) is 0 Å². The van der Waals surface area contributed by atoms with E-state index < -0.39 is 0 Å². The number of rotatable bonds is 3. The maximum absolute atomic E-state index is 6.52. The molecule has 20 heavy (non-hydrogen) atoms. The third-order valence-electron chi connectivity index (χ3n) is 5.84. The summed E-state index contributed by atoms with van der Waals surface area (Å²) in [6.45, 7) is 0. The van der Waals surface area contributed by atoms with Crippen molar-refractivity contribution in [3.63, 3.8) is 0 Å². The summed E-state index contributed by atoms with van der Waals surface area (Å²) in [5.74, 6) is 4.77. The third kappa shape index (κ3) is 1.74. The minimum absolute atomic E-state index is 0.0179. The lowest BCUT2D eigenvalue weighted by Crippen LogP contribution is -2.18. The summed E-state index contributed by atoms with van der Waals surface area (Å²) in [5, 5.41) is 1.27. The number of methoxy groups -OCH3 is 1. The van der Waals surface area contributed by atoms with Crippen molar-refractivity contribution in [1.29, 1.82) is 0 Å². The molecule has 0 amide bonds. The fourth-order valence-electron chi connectivity index (χ4n) is 5.04. The zero-order chi connectivity index (χ0) is 14.0. The van der Waals surface area contributed by atoms with E-state index in [0.717, 1.165) is 29.2 Å². The molecular formula is C16H19Cl2NO. The monoisotopic (exact) mass is 311 g/mol. The fourth-order valence-corrected chi connectivity index (χ4v) is 5.56.